The normalized spacial score (nSPS) is 14.1. The van der Waals surface area contributed by atoms with Crippen molar-refractivity contribution in [2.24, 2.45) is 10.7 Å². The molecule has 1 aromatic heterocycles. The van der Waals surface area contributed by atoms with Crippen LogP contribution >= 0.6 is 24.0 Å². The SMILES string of the molecule is Cc1ccc(NC(N)=NCC(C)(O)c2ccco2)cc1.I. The molecule has 6 heteroatoms. The molecular formula is C15H20IN3O2. The zero-order valence-electron chi connectivity index (χ0n) is 12.0. The van der Waals surface area contributed by atoms with E-state index in [2.05, 4.69) is 10.3 Å². The molecule has 0 amide bonds. The molecule has 0 bridgehead atoms. The van der Waals surface area contributed by atoms with Gasteiger partial charge in [0.05, 0.1) is 12.8 Å². The van der Waals surface area contributed by atoms with Crippen LogP contribution in [0.1, 0.15) is 18.2 Å². The summed E-state index contributed by atoms with van der Waals surface area (Å²) in [5, 5.41) is 13.2. The molecule has 0 saturated heterocycles. The highest BCUT2D eigenvalue weighted by Crippen LogP contribution is 2.21. The Kier molecular flexibility index (Phi) is 6.22. The standard InChI is InChI=1S/C15H19N3O2.HI/c1-11-5-7-12(8-6-11)18-14(16)17-10-15(2,19)13-4-3-9-20-13;/h3-9,19H,10H2,1-2H3,(H3,16,17,18);1H. The van der Waals surface area contributed by atoms with E-state index in [1.54, 1.807) is 19.1 Å². The van der Waals surface area contributed by atoms with Crippen molar-refractivity contribution in [1.82, 2.24) is 0 Å². The van der Waals surface area contributed by atoms with Crippen LogP contribution in [0.15, 0.2) is 52.1 Å². The van der Waals surface area contributed by atoms with Gasteiger partial charge in [-0.15, -0.1) is 24.0 Å². The first kappa shape index (κ1) is 17.5. The van der Waals surface area contributed by atoms with E-state index < -0.39 is 5.60 Å². The average Bonchev–Trinajstić information content (AvgIpc) is 2.94. The van der Waals surface area contributed by atoms with Gasteiger partial charge >= 0.3 is 0 Å². The first-order valence-corrected chi connectivity index (χ1v) is 6.37. The molecule has 21 heavy (non-hydrogen) atoms. The molecule has 0 aliphatic heterocycles. The minimum Gasteiger partial charge on any atom is -0.466 e. The van der Waals surface area contributed by atoms with Gasteiger partial charge in [-0.25, -0.2) is 4.99 Å². The van der Waals surface area contributed by atoms with Crippen molar-refractivity contribution in [3.05, 3.63) is 54.0 Å². The van der Waals surface area contributed by atoms with Crippen molar-refractivity contribution in [2.45, 2.75) is 19.4 Å². The van der Waals surface area contributed by atoms with Crippen LogP contribution in [-0.4, -0.2) is 17.6 Å². The van der Waals surface area contributed by atoms with Crippen LogP contribution in [0.5, 0.6) is 0 Å². The number of furan rings is 1. The molecule has 1 unspecified atom stereocenters. The number of nitrogens with one attached hydrogen (secondary N) is 1. The summed E-state index contributed by atoms with van der Waals surface area (Å²) in [6.45, 7) is 3.77. The molecule has 2 aromatic rings. The van der Waals surface area contributed by atoms with Crippen molar-refractivity contribution < 1.29 is 9.52 Å². The highest BCUT2D eigenvalue weighted by atomic mass is 127. The molecule has 4 N–H and O–H groups in total. The zero-order valence-corrected chi connectivity index (χ0v) is 14.4. The van der Waals surface area contributed by atoms with Crippen molar-refractivity contribution in [1.29, 1.82) is 0 Å². The van der Waals surface area contributed by atoms with Gasteiger partial charge in [0.1, 0.15) is 11.4 Å². The number of rotatable bonds is 4. The summed E-state index contributed by atoms with van der Waals surface area (Å²) in [4.78, 5) is 4.14. The monoisotopic (exact) mass is 401 g/mol. The van der Waals surface area contributed by atoms with E-state index in [-0.39, 0.29) is 36.5 Å². The van der Waals surface area contributed by atoms with E-state index in [0.717, 1.165) is 5.69 Å². The summed E-state index contributed by atoms with van der Waals surface area (Å²) in [7, 11) is 0. The second kappa shape index (κ2) is 7.46. The number of guanidine groups is 1. The minimum absolute atomic E-state index is 0. The summed E-state index contributed by atoms with van der Waals surface area (Å²) >= 11 is 0. The molecule has 0 aliphatic carbocycles. The summed E-state index contributed by atoms with van der Waals surface area (Å²) < 4.78 is 5.18. The van der Waals surface area contributed by atoms with Gasteiger partial charge in [-0.2, -0.15) is 0 Å². The van der Waals surface area contributed by atoms with Crippen LogP contribution in [0.4, 0.5) is 5.69 Å². The lowest BCUT2D eigenvalue weighted by Gasteiger charge is -2.18. The molecule has 1 atom stereocenters. The molecule has 0 fully saturated rings. The highest BCUT2D eigenvalue weighted by molar-refractivity contribution is 14.0. The van der Waals surface area contributed by atoms with Crippen molar-refractivity contribution in [3.63, 3.8) is 0 Å². The van der Waals surface area contributed by atoms with E-state index in [1.165, 1.54) is 11.8 Å². The van der Waals surface area contributed by atoms with Crippen LogP contribution in [-0.2, 0) is 5.60 Å². The molecule has 0 radical (unpaired) electrons. The number of anilines is 1. The third kappa shape index (κ3) is 5.05. The van der Waals surface area contributed by atoms with E-state index in [1.807, 2.05) is 31.2 Å². The molecule has 1 aromatic carbocycles. The lowest BCUT2D eigenvalue weighted by molar-refractivity contribution is 0.0438. The number of aliphatic hydroxyl groups is 1. The minimum atomic E-state index is -1.18. The van der Waals surface area contributed by atoms with Crippen LogP contribution < -0.4 is 11.1 Å². The van der Waals surface area contributed by atoms with Crippen LogP contribution in [0.25, 0.3) is 0 Å². The van der Waals surface area contributed by atoms with E-state index >= 15 is 0 Å². The number of nitrogens with zero attached hydrogens (tertiary/aromatic N) is 1. The maximum absolute atomic E-state index is 10.2. The third-order valence-corrected chi connectivity index (χ3v) is 2.93. The summed E-state index contributed by atoms with van der Waals surface area (Å²) in [5.41, 5.74) is 6.65. The Morgan fingerprint density at radius 2 is 2.00 bits per heavy atom. The smallest absolute Gasteiger partial charge is 0.193 e. The topological polar surface area (TPSA) is 83.8 Å². The van der Waals surface area contributed by atoms with Gasteiger partial charge in [-0.3, -0.25) is 0 Å². The second-order valence-electron chi connectivity index (χ2n) is 4.94. The Labute approximate surface area is 141 Å². The summed E-state index contributed by atoms with van der Waals surface area (Å²) in [6.07, 6.45) is 1.52. The Morgan fingerprint density at radius 1 is 1.33 bits per heavy atom. The number of benzene rings is 1. The molecule has 0 aliphatic rings. The lowest BCUT2D eigenvalue weighted by atomic mass is 10.0. The van der Waals surface area contributed by atoms with Crippen LogP contribution in [0.2, 0.25) is 0 Å². The number of hydrogen-bond acceptors (Lipinski definition) is 3. The number of nitrogens with two attached hydrogens (primary N) is 1. The van der Waals surface area contributed by atoms with Gasteiger partial charge < -0.3 is 20.6 Å². The first-order chi connectivity index (χ1) is 9.47. The second-order valence-corrected chi connectivity index (χ2v) is 4.94. The predicted octanol–water partition coefficient (Wildman–Crippen LogP) is 2.84. The molecule has 1 heterocycles. The third-order valence-electron chi connectivity index (χ3n) is 2.93. The fourth-order valence-corrected chi connectivity index (χ4v) is 1.73. The van der Waals surface area contributed by atoms with E-state index in [4.69, 9.17) is 10.2 Å². The average molecular weight is 401 g/mol. The quantitative estimate of drug-likeness (QED) is 0.418. The Balaban J connectivity index is 0.00000220. The number of hydrogen-bond donors (Lipinski definition) is 3. The molecule has 0 saturated carbocycles. The van der Waals surface area contributed by atoms with Crippen molar-refractivity contribution >= 4 is 35.6 Å². The van der Waals surface area contributed by atoms with Crippen LogP contribution in [0.3, 0.4) is 0 Å². The largest absolute Gasteiger partial charge is 0.466 e. The van der Waals surface area contributed by atoms with Gasteiger partial charge in [-0.1, -0.05) is 17.7 Å². The van der Waals surface area contributed by atoms with Crippen molar-refractivity contribution in [3.8, 4) is 0 Å². The fraction of sp³-hybridized carbons (Fsp3) is 0.267. The molecule has 5 nitrogen and oxygen atoms in total. The number of aryl methyl sites for hydroxylation is 1. The molecule has 2 rings (SSSR count). The Morgan fingerprint density at radius 3 is 2.57 bits per heavy atom. The number of aliphatic imine (C=N–C) groups is 1. The molecule has 114 valence electrons. The van der Waals surface area contributed by atoms with Crippen LogP contribution in [0, 0.1) is 6.92 Å². The van der Waals surface area contributed by atoms with E-state index in [0.29, 0.717) is 5.76 Å². The maximum Gasteiger partial charge on any atom is 0.193 e. The highest BCUT2D eigenvalue weighted by Gasteiger charge is 2.25. The van der Waals surface area contributed by atoms with Gasteiger partial charge in [0, 0.05) is 5.69 Å². The van der Waals surface area contributed by atoms with Gasteiger partial charge in [0.25, 0.3) is 0 Å². The maximum atomic E-state index is 10.2. The summed E-state index contributed by atoms with van der Waals surface area (Å²) in [6, 6.07) is 11.2. The first-order valence-electron chi connectivity index (χ1n) is 6.37. The van der Waals surface area contributed by atoms with Gasteiger partial charge in [0.2, 0.25) is 0 Å². The Bertz CT molecular complexity index is 577. The van der Waals surface area contributed by atoms with E-state index in [9.17, 15) is 5.11 Å². The lowest BCUT2D eigenvalue weighted by Crippen LogP contribution is -2.29. The Hall–Kier alpha value is -1.54. The fourth-order valence-electron chi connectivity index (χ4n) is 1.73. The predicted molar refractivity (Wildman–Crippen MR) is 95.0 cm³/mol. The van der Waals surface area contributed by atoms with Crippen molar-refractivity contribution in [2.75, 3.05) is 11.9 Å². The van der Waals surface area contributed by atoms with Gasteiger partial charge in [-0.05, 0) is 38.1 Å². The molecule has 0 spiro atoms. The number of halogens is 1. The summed E-state index contributed by atoms with van der Waals surface area (Å²) in [5.74, 6) is 0.713. The zero-order chi connectivity index (χ0) is 14.6. The van der Waals surface area contributed by atoms with Gasteiger partial charge in [0.15, 0.2) is 5.96 Å². The molecular weight excluding hydrogens is 381 g/mol.